The summed E-state index contributed by atoms with van der Waals surface area (Å²) >= 11 is 0. The van der Waals surface area contributed by atoms with Crippen molar-refractivity contribution in [3.05, 3.63) is 0 Å². The topological polar surface area (TPSA) is 89.7 Å². The number of carbonyl (C=O) groups excluding carboxylic acids is 1. The molecule has 0 bridgehead atoms. The van der Waals surface area contributed by atoms with Crippen LogP contribution in [0.5, 0.6) is 0 Å². The monoisotopic (exact) mass is 318 g/mol. The first-order chi connectivity index (χ1) is 9.88. The van der Waals surface area contributed by atoms with Crippen LogP contribution in [0.1, 0.15) is 39.0 Å². The lowest BCUT2D eigenvalue weighted by molar-refractivity contribution is -0.142. The van der Waals surface area contributed by atoms with Crippen LogP contribution in [0.4, 0.5) is 0 Å². The largest absolute Gasteiger partial charge is 0.381 e. The SMILES string of the molecule is CCCCN(C(=O)C1(N)CCOCC1)C1CCS(=O)(=O)C1. The van der Waals surface area contributed by atoms with Crippen molar-refractivity contribution in [2.75, 3.05) is 31.3 Å². The number of amides is 1. The average Bonchev–Trinajstić information content (AvgIpc) is 2.80. The van der Waals surface area contributed by atoms with Gasteiger partial charge in [0.25, 0.3) is 0 Å². The molecule has 0 radical (unpaired) electrons. The number of nitrogens with two attached hydrogens (primary N) is 1. The van der Waals surface area contributed by atoms with E-state index in [1.807, 2.05) is 0 Å². The highest BCUT2D eigenvalue weighted by molar-refractivity contribution is 7.91. The van der Waals surface area contributed by atoms with Crippen molar-refractivity contribution in [2.24, 2.45) is 5.73 Å². The quantitative estimate of drug-likeness (QED) is 0.788. The summed E-state index contributed by atoms with van der Waals surface area (Å²) in [6.07, 6.45) is 3.38. The van der Waals surface area contributed by atoms with E-state index < -0.39 is 15.4 Å². The van der Waals surface area contributed by atoms with Gasteiger partial charge in [-0.2, -0.15) is 0 Å². The second-order valence-corrected chi connectivity index (χ2v) is 8.41. The standard InChI is InChI=1S/C14H26N2O4S/c1-2-3-7-16(12-4-10-21(18,19)11-12)13(17)14(15)5-8-20-9-6-14/h12H,2-11,15H2,1H3. The Morgan fingerprint density at radius 1 is 1.38 bits per heavy atom. The number of rotatable bonds is 5. The molecular weight excluding hydrogens is 292 g/mol. The van der Waals surface area contributed by atoms with Crippen LogP contribution in [0.3, 0.4) is 0 Å². The molecule has 2 heterocycles. The number of ether oxygens (including phenoxy) is 1. The minimum absolute atomic E-state index is 0.0784. The second kappa shape index (κ2) is 6.62. The number of carbonyl (C=O) groups is 1. The molecule has 2 saturated heterocycles. The zero-order valence-corrected chi connectivity index (χ0v) is 13.5. The van der Waals surface area contributed by atoms with Gasteiger partial charge in [-0.05, 0) is 25.7 Å². The van der Waals surface area contributed by atoms with E-state index in [-0.39, 0.29) is 23.5 Å². The molecule has 122 valence electrons. The van der Waals surface area contributed by atoms with Gasteiger partial charge in [-0.3, -0.25) is 4.79 Å². The lowest BCUT2D eigenvalue weighted by atomic mass is 9.89. The summed E-state index contributed by atoms with van der Waals surface area (Å²) in [5, 5.41) is 0. The van der Waals surface area contributed by atoms with Gasteiger partial charge < -0.3 is 15.4 Å². The molecule has 1 unspecified atom stereocenters. The Kier molecular flexibility index (Phi) is 5.27. The van der Waals surface area contributed by atoms with Crippen LogP contribution in [0.25, 0.3) is 0 Å². The van der Waals surface area contributed by atoms with E-state index in [1.165, 1.54) is 0 Å². The highest BCUT2D eigenvalue weighted by Gasteiger charge is 2.43. The fourth-order valence-corrected chi connectivity index (χ4v) is 4.77. The maximum Gasteiger partial charge on any atom is 0.243 e. The van der Waals surface area contributed by atoms with Crippen LogP contribution in [-0.2, 0) is 19.4 Å². The first kappa shape index (κ1) is 16.7. The summed E-state index contributed by atoms with van der Waals surface area (Å²) in [6, 6.07) is -0.211. The summed E-state index contributed by atoms with van der Waals surface area (Å²) in [4.78, 5) is 14.6. The van der Waals surface area contributed by atoms with Gasteiger partial charge in [0.05, 0.1) is 17.0 Å². The molecule has 0 aliphatic carbocycles. The predicted molar refractivity (Wildman–Crippen MR) is 80.7 cm³/mol. The van der Waals surface area contributed by atoms with Crippen LogP contribution in [-0.4, -0.2) is 62.1 Å². The molecule has 2 rings (SSSR count). The third kappa shape index (κ3) is 3.96. The molecule has 2 aliphatic heterocycles. The first-order valence-corrected chi connectivity index (χ1v) is 9.58. The Morgan fingerprint density at radius 3 is 2.57 bits per heavy atom. The molecule has 1 atom stereocenters. The predicted octanol–water partition coefficient (Wildman–Crippen LogP) is 0.310. The number of sulfone groups is 1. The molecule has 0 aromatic carbocycles. The van der Waals surface area contributed by atoms with Gasteiger partial charge in [0.1, 0.15) is 0 Å². The van der Waals surface area contributed by atoms with Gasteiger partial charge >= 0.3 is 0 Å². The fraction of sp³-hybridized carbons (Fsp3) is 0.929. The van der Waals surface area contributed by atoms with Gasteiger partial charge in [-0.15, -0.1) is 0 Å². The van der Waals surface area contributed by atoms with Crippen LogP contribution in [0, 0.1) is 0 Å². The molecular formula is C14H26N2O4S. The lowest BCUT2D eigenvalue weighted by Gasteiger charge is -2.39. The van der Waals surface area contributed by atoms with Crippen LogP contribution in [0.15, 0.2) is 0 Å². The van der Waals surface area contributed by atoms with Crippen molar-refractivity contribution in [3.63, 3.8) is 0 Å². The number of hydrogen-bond donors (Lipinski definition) is 1. The van der Waals surface area contributed by atoms with Crippen LogP contribution >= 0.6 is 0 Å². The fourth-order valence-electron chi connectivity index (χ4n) is 3.04. The summed E-state index contributed by atoms with van der Waals surface area (Å²) in [5.74, 6) is 0.157. The van der Waals surface area contributed by atoms with Gasteiger partial charge in [0.15, 0.2) is 9.84 Å². The molecule has 0 spiro atoms. The summed E-state index contributed by atoms with van der Waals surface area (Å²) in [6.45, 7) is 3.63. The number of hydrogen-bond acceptors (Lipinski definition) is 5. The summed E-state index contributed by atoms with van der Waals surface area (Å²) in [5.41, 5.74) is 5.40. The summed E-state index contributed by atoms with van der Waals surface area (Å²) in [7, 11) is -3.01. The molecule has 2 aliphatic rings. The lowest BCUT2D eigenvalue weighted by Crippen LogP contribution is -2.60. The molecule has 21 heavy (non-hydrogen) atoms. The molecule has 0 saturated carbocycles. The van der Waals surface area contributed by atoms with Crippen molar-refractivity contribution in [3.8, 4) is 0 Å². The molecule has 0 aromatic rings. The Bertz CT molecular complexity index is 471. The Labute approximate surface area is 126 Å². The second-order valence-electron chi connectivity index (χ2n) is 6.18. The highest BCUT2D eigenvalue weighted by Crippen LogP contribution is 2.25. The van der Waals surface area contributed by atoms with E-state index in [4.69, 9.17) is 10.5 Å². The first-order valence-electron chi connectivity index (χ1n) is 7.76. The molecule has 6 nitrogen and oxygen atoms in total. The van der Waals surface area contributed by atoms with Crippen molar-refractivity contribution >= 4 is 15.7 Å². The van der Waals surface area contributed by atoms with Crippen molar-refractivity contribution in [1.29, 1.82) is 0 Å². The third-order valence-electron chi connectivity index (χ3n) is 4.47. The van der Waals surface area contributed by atoms with Crippen molar-refractivity contribution < 1.29 is 17.9 Å². The van der Waals surface area contributed by atoms with E-state index in [2.05, 4.69) is 6.92 Å². The third-order valence-corrected chi connectivity index (χ3v) is 6.22. The van der Waals surface area contributed by atoms with Crippen molar-refractivity contribution in [2.45, 2.75) is 50.6 Å². The van der Waals surface area contributed by atoms with Gasteiger partial charge in [-0.25, -0.2) is 8.42 Å². The zero-order valence-electron chi connectivity index (χ0n) is 12.7. The van der Waals surface area contributed by atoms with E-state index in [0.29, 0.717) is 39.0 Å². The Hall–Kier alpha value is -0.660. The van der Waals surface area contributed by atoms with E-state index in [9.17, 15) is 13.2 Å². The number of nitrogens with zero attached hydrogens (tertiary/aromatic N) is 1. The van der Waals surface area contributed by atoms with Gasteiger partial charge in [0, 0.05) is 25.8 Å². The maximum atomic E-state index is 12.9. The van der Waals surface area contributed by atoms with Crippen LogP contribution in [0.2, 0.25) is 0 Å². The molecule has 2 N–H and O–H groups in total. The van der Waals surface area contributed by atoms with E-state index >= 15 is 0 Å². The molecule has 7 heteroatoms. The van der Waals surface area contributed by atoms with Gasteiger partial charge in [0.2, 0.25) is 5.91 Å². The molecule has 2 fully saturated rings. The highest BCUT2D eigenvalue weighted by atomic mass is 32.2. The van der Waals surface area contributed by atoms with E-state index in [1.54, 1.807) is 4.90 Å². The molecule has 0 aromatic heterocycles. The Balaban J connectivity index is 2.13. The number of unbranched alkanes of at least 4 members (excludes halogenated alkanes) is 1. The smallest absolute Gasteiger partial charge is 0.243 e. The minimum Gasteiger partial charge on any atom is -0.381 e. The Morgan fingerprint density at radius 2 is 2.05 bits per heavy atom. The van der Waals surface area contributed by atoms with Gasteiger partial charge in [-0.1, -0.05) is 13.3 Å². The van der Waals surface area contributed by atoms with Crippen LogP contribution < -0.4 is 5.73 Å². The maximum absolute atomic E-state index is 12.9. The van der Waals surface area contributed by atoms with E-state index in [0.717, 1.165) is 12.8 Å². The average molecular weight is 318 g/mol. The molecule has 1 amide bonds. The normalized spacial score (nSPS) is 27.4. The minimum atomic E-state index is -3.01. The zero-order chi connectivity index (χ0) is 15.5. The van der Waals surface area contributed by atoms with Crippen molar-refractivity contribution in [1.82, 2.24) is 4.90 Å². The summed E-state index contributed by atoms with van der Waals surface area (Å²) < 4.78 is 28.7.